The number of aryl methyl sites for hydroxylation is 2. The lowest BCUT2D eigenvalue weighted by atomic mass is 10.0. The van der Waals surface area contributed by atoms with E-state index in [2.05, 4.69) is 27.0 Å². The van der Waals surface area contributed by atoms with Crippen LogP contribution >= 0.6 is 23.1 Å². The molecule has 3 heterocycles. The molecule has 1 aliphatic rings. The summed E-state index contributed by atoms with van der Waals surface area (Å²) in [4.78, 5) is 16.3. The Morgan fingerprint density at radius 3 is 2.97 bits per heavy atom. The van der Waals surface area contributed by atoms with Crippen molar-refractivity contribution in [2.24, 2.45) is 0 Å². The van der Waals surface area contributed by atoms with Crippen molar-refractivity contribution in [1.82, 2.24) is 25.1 Å². The molecule has 2 aromatic heterocycles. The smallest absolute Gasteiger partial charge is 0.233 e. The Hall–Kier alpha value is -2.59. The van der Waals surface area contributed by atoms with Gasteiger partial charge in [-0.1, -0.05) is 17.8 Å². The lowest BCUT2D eigenvalue weighted by Gasteiger charge is -2.26. The summed E-state index contributed by atoms with van der Waals surface area (Å²) in [5, 5.41) is 14.7. The first-order valence-electron chi connectivity index (χ1n) is 10.1. The number of nitrogens with zero attached hydrogens (tertiary/aromatic N) is 5. The van der Waals surface area contributed by atoms with Gasteiger partial charge in [0.15, 0.2) is 0 Å². The van der Waals surface area contributed by atoms with Crippen LogP contribution in [-0.2, 0) is 17.8 Å². The van der Waals surface area contributed by atoms with E-state index >= 15 is 0 Å². The molecule has 31 heavy (non-hydrogen) atoms. The van der Waals surface area contributed by atoms with Gasteiger partial charge in [-0.3, -0.25) is 4.79 Å². The molecule has 1 fully saturated rings. The van der Waals surface area contributed by atoms with Crippen LogP contribution in [0.4, 0.5) is 0 Å². The fraction of sp³-hybridized carbons (Fsp3) is 0.429. The van der Waals surface area contributed by atoms with Gasteiger partial charge in [0.25, 0.3) is 0 Å². The Morgan fingerprint density at radius 2 is 2.19 bits per heavy atom. The molecule has 0 bridgehead atoms. The quantitative estimate of drug-likeness (QED) is 0.453. The van der Waals surface area contributed by atoms with Crippen molar-refractivity contribution in [1.29, 1.82) is 0 Å². The molecule has 1 saturated heterocycles. The number of aromatic nitrogens is 4. The maximum absolute atomic E-state index is 13.1. The molecule has 0 saturated carbocycles. The van der Waals surface area contributed by atoms with Crippen LogP contribution in [0.15, 0.2) is 40.9 Å². The normalized spacial score (nSPS) is 15.9. The number of ether oxygens (including phenoxy) is 2. The lowest BCUT2D eigenvalue weighted by molar-refractivity contribution is -0.129. The highest BCUT2D eigenvalue weighted by Gasteiger charge is 2.32. The number of likely N-dealkylation sites (tertiary alicyclic amines) is 1. The summed E-state index contributed by atoms with van der Waals surface area (Å²) in [5.41, 5.74) is 0.985. The molecule has 0 aliphatic carbocycles. The van der Waals surface area contributed by atoms with Crippen LogP contribution < -0.4 is 9.47 Å². The third kappa shape index (κ3) is 5.01. The standard InChI is InChI=1S/C21H25N5O3S2/c1-28-15-7-8-19(29-2)17(13-15)18-6-3-10-25(18)20(27)14-31-21-22-23-24-26(21)11-9-16-5-4-12-30-16/h4-5,7-8,12-13,18H,3,6,9-11,14H2,1-2H3. The molecule has 3 aromatic rings. The molecule has 10 heteroatoms. The first kappa shape index (κ1) is 21.6. The van der Waals surface area contributed by atoms with E-state index in [-0.39, 0.29) is 11.9 Å². The summed E-state index contributed by atoms with van der Waals surface area (Å²) in [6, 6.07) is 9.85. The van der Waals surface area contributed by atoms with E-state index in [1.54, 1.807) is 30.2 Å². The van der Waals surface area contributed by atoms with Crippen molar-refractivity contribution < 1.29 is 14.3 Å². The number of hydrogen-bond donors (Lipinski definition) is 0. The predicted octanol–water partition coefficient (Wildman–Crippen LogP) is 3.45. The van der Waals surface area contributed by atoms with Gasteiger partial charge in [0, 0.05) is 23.4 Å². The van der Waals surface area contributed by atoms with E-state index in [4.69, 9.17) is 9.47 Å². The number of tetrazole rings is 1. The van der Waals surface area contributed by atoms with Crippen molar-refractivity contribution in [3.63, 3.8) is 0 Å². The van der Waals surface area contributed by atoms with Gasteiger partial charge < -0.3 is 14.4 Å². The van der Waals surface area contributed by atoms with Crippen molar-refractivity contribution in [3.8, 4) is 11.5 Å². The monoisotopic (exact) mass is 459 g/mol. The first-order chi connectivity index (χ1) is 15.2. The number of amides is 1. The molecule has 8 nitrogen and oxygen atoms in total. The number of hydrogen-bond acceptors (Lipinski definition) is 8. The summed E-state index contributed by atoms with van der Waals surface area (Å²) >= 11 is 3.10. The van der Waals surface area contributed by atoms with Gasteiger partial charge >= 0.3 is 0 Å². The second-order valence-corrected chi connectivity index (χ2v) is 9.13. The Kier molecular flexibility index (Phi) is 7.08. The highest BCUT2D eigenvalue weighted by atomic mass is 32.2. The average Bonchev–Trinajstić information content (AvgIpc) is 3.57. The fourth-order valence-electron chi connectivity index (χ4n) is 3.81. The minimum atomic E-state index is -0.0204. The van der Waals surface area contributed by atoms with Gasteiger partial charge in [0.05, 0.1) is 32.6 Å². The van der Waals surface area contributed by atoms with Crippen LogP contribution in [0.25, 0.3) is 0 Å². The summed E-state index contributed by atoms with van der Waals surface area (Å²) in [6.07, 6.45) is 2.73. The molecule has 4 rings (SSSR count). The minimum absolute atomic E-state index is 0.0204. The number of benzene rings is 1. The van der Waals surface area contributed by atoms with Crippen molar-refractivity contribution in [3.05, 3.63) is 46.2 Å². The zero-order valence-corrected chi connectivity index (χ0v) is 19.2. The molecule has 0 spiro atoms. The van der Waals surface area contributed by atoms with Gasteiger partial charge in [-0.05, 0) is 52.9 Å². The Morgan fingerprint density at radius 1 is 1.29 bits per heavy atom. The Bertz CT molecular complexity index is 1010. The van der Waals surface area contributed by atoms with Gasteiger partial charge in [0.1, 0.15) is 11.5 Å². The molecule has 0 N–H and O–H groups in total. The number of rotatable bonds is 9. The molecule has 0 radical (unpaired) electrons. The summed E-state index contributed by atoms with van der Waals surface area (Å²) in [6.45, 7) is 1.42. The van der Waals surface area contributed by atoms with Crippen molar-refractivity contribution in [2.45, 2.75) is 37.0 Å². The van der Waals surface area contributed by atoms with Crippen LogP contribution in [0, 0.1) is 0 Å². The Labute approximate surface area is 189 Å². The highest BCUT2D eigenvalue weighted by molar-refractivity contribution is 7.99. The van der Waals surface area contributed by atoms with E-state index in [1.165, 1.54) is 16.6 Å². The lowest BCUT2D eigenvalue weighted by Crippen LogP contribution is -2.32. The second-order valence-electron chi connectivity index (χ2n) is 7.16. The van der Waals surface area contributed by atoms with Crippen molar-refractivity contribution in [2.75, 3.05) is 26.5 Å². The number of thioether (sulfide) groups is 1. The Balaban J connectivity index is 1.41. The SMILES string of the molecule is COc1ccc(OC)c(C2CCCN2C(=O)CSc2nnnn2CCc2cccs2)c1. The van der Waals surface area contributed by atoms with Gasteiger partial charge in [-0.15, -0.1) is 16.4 Å². The molecular weight excluding hydrogens is 434 g/mol. The topological polar surface area (TPSA) is 82.4 Å². The second kappa shape index (κ2) is 10.1. The number of carbonyl (C=O) groups is 1. The van der Waals surface area contributed by atoms with E-state index in [1.807, 2.05) is 29.2 Å². The number of carbonyl (C=O) groups excluding carboxylic acids is 1. The van der Waals surface area contributed by atoms with E-state index in [0.717, 1.165) is 42.9 Å². The third-order valence-electron chi connectivity index (χ3n) is 5.34. The maximum Gasteiger partial charge on any atom is 0.233 e. The van der Waals surface area contributed by atoms with E-state index in [9.17, 15) is 4.79 Å². The molecular formula is C21H25N5O3S2. The van der Waals surface area contributed by atoms with Gasteiger partial charge in [-0.25, -0.2) is 4.68 Å². The fourth-order valence-corrected chi connectivity index (χ4v) is 5.30. The molecule has 1 atom stereocenters. The minimum Gasteiger partial charge on any atom is -0.497 e. The molecule has 1 aromatic carbocycles. The van der Waals surface area contributed by atoms with Crippen molar-refractivity contribution >= 4 is 29.0 Å². The van der Waals surface area contributed by atoms with Gasteiger partial charge in [0.2, 0.25) is 11.1 Å². The third-order valence-corrected chi connectivity index (χ3v) is 7.22. The molecule has 1 unspecified atom stereocenters. The number of methoxy groups -OCH3 is 2. The van der Waals surface area contributed by atoms with Crippen LogP contribution in [0.1, 0.15) is 29.3 Å². The summed E-state index contributed by atoms with van der Waals surface area (Å²) < 4.78 is 12.7. The average molecular weight is 460 g/mol. The first-order valence-corrected chi connectivity index (χ1v) is 12.0. The zero-order chi connectivity index (χ0) is 21.6. The maximum atomic E-state index is 13.1. The predicted molar refractivity (Wildman–Crippen MR) is 120 cm³/mol. The molecule has 1 aliphatic heterocycles. The van der Waals surface area contributed by atoms with E-state index < -0.39 is 0 Å². The molecule has 164 valence electrons. The van der Waals surface area contributed by atoms with Crippen LogP contribution in [0.3, 0.4) is 0 Å². The van der Waals surface area contributed by atoms with Crippen LogP contribution in [-0.4, -0.2) is 57.5 Å². The molecule has 1 amide bonds. The summed E-state index contributed by atoms with van der Waals surface area (Å²) in [7, 11) is 3.29. The summed E-state index contributed by atoms with van der Waals surface area (Å²) in [5.74, 6) is 1.90. The zero-order valence-electron chi connectivity index (χ0n) is 17.6. The van der Waals surface area contributed by atoms with Crippen LogP contribution in [0.2, 0.25) is 0 Å². The highest BCUT2D eigenvalue weighted by Crippen LogP contribution is 2.39. The van der Waals surface area contributed by atoms with E-state index in [0.29, 0.717) is 17.5 Å². The van der Waals surface area contributed by atoms with Gasteiger partial charge in [-0.2, -0.15) is 0 Å². The number of thiophene rings is 1. The van der Waals surface area contributed by atoms with Crippen LogP contribution in [0.5, 0.6) is 11.5 Å². The largest absolute Gasteiger partial charge is 0.497 e.